The molecule has 7 nitrogen and oxygen atoms in total. The third-order valence-corrected chi connectivity index (χ3v) is 5.85. The Morgan fingerprint density at radius 3 is 2.15 bits per heavy atom. The highest BCUT2D eigenvalue weighted by Crippen LogP contribution is 2.44. The number of carbonyl (C=O) groups is 2. The summed E-state index contributed by atoms with van der Waals surface area (Å²) in [6.07, 6.45) is -0.772. The fourth-order valence-electron chi connectivity index (χ4n) is 4.24. The number of nitrogens with one attached hydrogen (secondary N) is 1. The quantitative estimate of drug-likeness (QED) is 0.537. The molecule has 0 saturated heterocycles. The van der Waals surface area contributed by atoms with E-state index in [1.807, 2.05) is 36.4 Å². The van der Waals surface area contributed by atoms with Crippen LogP contribution in [0.4, 0.5) is 4.79 Å². The number of amides is 1. The van der Waals surface area contributed by atoms with Gasteiger partial charge < -0.3 is 24.6 Å². The van der Waals surface area contributed by atoms with Gasteiger partial charge in [-0.25, -0.2) is 9.59 Å². The zero-order chi connectivity index (χ0) is 23.4. The molecule has 1 amide bonds. The van der Waals surface area contributed by atoms with E-state index in [4.69, 9.17) is 14.2 Å². The zero-order valence-electron chi connectivity index (χ0n) is 18.4. The SMILES string of the molecule is COc1ccc(OC)c(C[C@H](NC(=O)OCC2c3ccccc3-c3ccccc32)C(=O)O)c1. The molecule has 0 heterocycles. The van der Waals surface area contributed by atoms with Crippen molar-refractivity contribution < 1.29 is 28.9 Å². The molecule has 0 fully saturated rings. The van der Waals surface area contributed by atoms with Gasteiger partial charge in [0.05, 0.1) is 14.2 Å². The zero-order valence-corrected chi connectivity index (χ0v) is 18.4. The van der Waals surface area contributed by atoms with Crippen LogP contribution in [0.5, 0.6) is 11.5 Å². The van der Waals surface area contributed by atoms with Gasteiger partial charge in [-0.05, 0) is 40.5 Å². The first-order valence-electron chi connectivity index (χ1n) is 10.6. The number of benzene rings is 3. The normalized spacial score (nSPS) is 12.9. The lowest BCUT2D eigenvalue weighted by atomic mass is 9.98. The van der Waals surface area contributed by atoms with Gasteiger partial charge in [-0.2, -0.15) is 0 Å². The minimum Gasteiger partial charge on any atom is -0.497 e. The topological polar surface area (TPSA) is 94.1 Å². The summed E-state index contributed by atoms with van der Waals surface area (Å²) in [6.45, 7) is 0.106. The predicted octanol–water partition coefficient (Wildman–Crippen LogP) is 4.24. The summed E-state index contributed by atoms with van der Waals surface area (Å²) in [5, 5.41) is 12.1. The molecule has 1 aliphatic rings. The van der Waals surface area contributed by atoms with E-state index in [2.05, 4.69) is 17.4 Å². The van der Waals surface area contributed by atoms with Crippen LogP contribution >= 0.6 is 0 Å². The van der Waals surface area contributed by atoms with E-state index < -0.39 is 18.1 Å². The number of hydrogen-bond donors (Lipinski definition) is 2. The first kappa shape index (κ1) is 22.2. The lowest BCUT2D eigenvalue weighted by molar-refractivity contribution is -0.139. The first-order chi connectivity index (χ1) is 16.0. The Labute approximate surface area is 191 Å². The Morgan fingerprint density at radius 2 is 1.58 bits per heavy atom. The van der Waals surface area contributed by atoms with Crippen LogP contribution in [-0.4, -0.2) is 44.0 Å². The molecule has 0 spiro atoms. The second-order valence-electron chi connectivity index (χ2n) is 7.74. The molecule has 0 unspecified atom stereocenters. The number of aliphatic carboxylic acids is 1. The summed E-state index contributed by atoms with van der Waals surface area (Å²) < 4.78 is 16.0. The molecule has 3 aromatic rings. The van der Waals surface area contributed by atoms with Gasteiger partial charge in [0.2, 0.25) is 0 Å². The standard InChI is InChI=1S/C26H25NO6/c1-31-17-11-12-24(32-2)16(13-17)14-23(25(28)29)27-26(30)33-15-22-20-9-5-3-7-18(20)19-8-4-6-10-21(19)22/h3-13,22-23H,14-15H2,1-2H3,(H,27,30)(H,28,29)/t23-/m0/s1. The van der Waals surface area contributed by atoms with E-state index in [0.29, 0.717) is 17.1 Å². The van der Waals surface area contributed by atoms with Gasteiger partial charge >= 0.3 is 12.1 Å². The molecule has 1 aliphatic carbocycles. The van der Waals surface area contributed by atoms with Gasteiger partial charge in [0.15, 0.2) is 0 Å². The average molecular weight is 447 g/mol. The van der Waals surface area contributed by atoms with E-state index in [1.165, 1.54) is 14.2 Å². The van der Waals surface area contributed by atoms with Gasteiger partial charge in [-0.15, -0.1) is 0 Å². The van der Waals surface area contributed by atoms with Crippen LogP contribution in [-0.2, 0) is 16.0 Å². The summed E-state index contributed by atoms with van der Waals surface area (Å²) in [5.41, 5.74) is 5.01. The van der Waals surface area contributed by atoms with Crippen LogP contribution < -0.4 is 14.8 Å². The molecule has 0 saturated carbocycles. The van der Waals surface area contributed by atoms with Crippen molar-refractivity contribution in [3.05, 3.63) is 83.4 Å². The highest BCUT2D eigenvalue weighted by atomic mass is 16.5. The number of carboxylic acid groups (broad SMARTS) is 1. The molecule has 0 radical (unpaired) electrons. The number of carbonyl (C=O) groups excluding carboxylic acids is 1. The molecular formula is C26H25NO6. The van der Waals surface area contributed by atoms with Crippen LogP contribution in [0.25, 0.3) is 11.1 Å². The highest BCUT2D eigenvalue weighted by Gasteiger charge is 2.30. The predicted molar refractivity (Wildman–Crippen MR) is 123 cm³/mol. The van der Waals surface area contributed by atoms with Crippen molar-refractivity contribution >= 4 is 12.1 Å². The number of hydrogen-bond acceptors (Lipinski definition) is 5. The van der Waals surface area contributed by atoms with E-state index in [-0.39, 0.29) is 18.9 Å². The van der Waals surface area contributed by atoms with Crippen molar-refractivity contribution in [3.63, 3.8) is 0 Å². The summed E-state index contributed by atoms with van der Waals surface area (Å²) >= 11 is 0. The molecular weight excluding hydrogens is 422 g/mol. The Balaban J connectivity index is 1.45. The molecule has 4 rings (SSSR count). The maximum atomic E-state index is 12.6. The summed E-state index contributed by atoms with van der Waals surface area (Å²) in [4.78, 5) is 24.4. The van der Waals surface area contributed by atoms with Crippen LogP contribution in [0.15, 0.2) is 66.7 Å². The Morgan fingerprint density at radius 1 is 0.939 bits per heavy atom. The Hall–Kier alpha value is -4.00. The maximum absolute atomic E-state index is 12.6. The van der Waals surface area contributed by atoms with Crippen molar-refractivity contribution in [3.8, 4) is 22.6 Å². The molecule has 7 heteroatoms. The number of rotatable bonds is 8. The van der Waals surface area contributed by atoms with Crippen molar-refractivity contribution in [2.45, 2.75) is 18.4 Å². The van der Waals surface area contributed by atoms with Crippen LogP contribution in [0.1, 0.15) is 22.6 Å². The first-order valence-corrected chi connectivity index (χ1v) is 10.6. The highest BCUT2D eigenvalue weighted by molar-refractivity contribution is 5.81. The van der Waals surface area contributed by atoms with Crippen LogP contribution in [0, 0.1) is 0 Å². The van der Waals surface area contributed by atoms with E-state index in [9.17, 15) is 14.7 Å². The lowest BCUT2D eigenvalue weighted by Gasteiger charge is -2.18. The smallest absolute Gasteiger partial charge is 0.407 e. The van der Waals surface area contributed by atoms with Gasteiger partial charge in [-0.3, -0.25) is 0 Å². The number of carboxylic acids is 1. The number of fused-ring (bicyclic) bond motifs is 3. The van der Waals surface area contributed by atoms with E-state index in [0.717, 1.165) is 22.3 Å². The molecule has 1 atom stereocenters. The van der Waals surface area contributed by atoms with Crippen molar-refractivity contribution in [2.75, 3.05) is 20.8 Å². The maximum Gasteiger partial charge on any atom is 0.407 e. The monoisotopic (exact) mass is 447 g/mol. The Kier molecular flexibility index (Phi) is 6.49. The minimum atomic E-state index is -1.19. The van der Waals surface area contributed by atoms with Crippen molar-refractivity contribution in [1.82, 2.24) is 5.32 Å². The summed E-state index contributed by atoms with van der Waals surface area (Å²) in [5.74, 6) is -0.203. The molecule has 0 bridgehead atoms. The molecule has 2 N–H and O–H groups in total. The van der Waals surface area contributed by atoms with E-state index in [1.54, 1.807) is 18.2 Å². The second kappa shape index (κ2) is 9.65. The average Bonchev–Trinajstić information content (AvgIpc) is 3.16. The third kappa shape index (κ3) is 4.62. The Bertz CT molecular complexity index is 1130. The summed E-state index contributed by atoms with van der Waals surface area (Å²) in [7, 11) is 3.02. The summed E-state index contributed by atoms with van der Waals surface area (Å²) in [6, 6.07) is 19.9. The van der Waals surface area contributed by atoms with Gasteiger partial charge in [0.25, 0.3) is 0 Å². The molecule has 33 heavy (non-hydrogen) atoms. The second-order valence-corrected chi connectivity index (χ2v) is 7.74. The number of alkyl carbamates (subject to hydrolysis) is 1. The van der Waals surface area contributed by atoms with Gasteiger partial charge in [0, 0.05) is 17.9 Å². The van der Waals surface area contributed by atoms with Crippen LogP contribution in [0.3, 0.4) is 0 Å². The number of ether oxygens (including phenoxy) is 3. The number of methoxy groups -OCH3 is 2. The van der Waals surface area contributed by atoms with Crippen LogP contribution in [0.2, 0.25) is 0 Å². The largest absolute Gasteiger partial charge is 0.497 e. The molecule has 3 aromatic carbocycles. The lowest BCUT2D eigenvalue weighted by Crippen LogP contribution is -2.43. The van der Waals surface area contributed by atoms with E-state index >= 15 is 0 Å². The van der Waals surface area contributed by atoms with Crippen molar-refractivity contribution in [2.24, 2.45) is 0 Å². The fourth-order valence-corrected chi connectivity index (χ4v) is 4.24. The molecule has 170 valence electrons. The minimum absolute atomic E-state index is 0.0138. The molecule has 0 aromatic heterocycles. The third-order valence-electron chi connectivity index (χ3n) is 5.85. The fraction of sp³-hybridized carbons (Fsp3) is 0.231. The van der Waals surface area contributed by atoms with Crippen molar-refractivity contribution in [1.29, 1.82) is 0 Å². The molecule has 0 aliphatic heterocycles. The van der Waals surface area contributed by atoms with Gasteiger partial charge in [0.1, 0.15) is 24.1 Å². The van der Waals surface area contributed by atoms with Gasteiger partial charge in [-0.1, -0.05) is 48.5 Å².